The van der Waals surface area contributed by atoms with Crippen molar-refractivity contribution in [3.05, 3.63) is 17.5 Å². The van der Waals surface area contributed by atoms with Crippen molar-refractivity contribution >= 4 is 5.69 Å². The van der Waals surface area contributed by atoms with Crippen LogP contribution in [0, 0.1) is 0 Å². The number of anilines is 1. The molecule has 0 fully saturated rings. The first-order chi connectivity index (χ1) is 7.76. The number of nitrogen functional groups attached to an aromatic ring is 1. The Morgan fingerprint density at radius 1 is 1.35 bits per heavy atom. The highest BCUT2D eigenvalue weighted by molar-refractivity contribution is 5.57. The van der Waals surface area contributed by atoms with Crippen molar-refractivity contribution in [2.75, 3.05) is 5.73 Å². The zero-order valence-corrected chi connectivity index (χ0v) is 8.26. The van der Waals surface area contributed by atoms with E-state index in [9.17, 15) is 22.0 Å². The first kappa shape index (κ1) is 13.4. The number of pyridine rings is 1. The van der Waals surface area contributed by atoms with E-state index in [1.54, 1.807) is 0 Å². The SMILES string of the molecule is NCc1ncc(OC(F)(F)F)c(C(F)F)c1N. The lowest BCUT2D eigenvalue weighted by Gasteiger charge is -2.15. The summed E-state index contributed by atoms with van der Waals surface area (Å²) in [6.07, 6.45) is -7.80. The van der Waals surface area contributed by atoms with E-state index in [0.29, 0.717) is 6.20 Å². The molecule has 96 valence electrons. The molecule has 0 atom stereocenters. The van der Waals surface area contributed by atoms with Gasteiger partial charge in [-0.15, -0.1) is 13.2 Å². The van der Waals surface area contributed by atoms with Crippen LogP contribution < -0.4 is 16.2 Å². The van der Waals surface area contributed by atoms with Gasteiger partial charge >= 0.3 is 6.36 Å². The molecule has 1 rings (SSSR count). The quantitative estimate of drug-likeness (QED) is 0.812. The monoisotopic (exact) mass is 257 g/mol. The largest absolute Gasteiger partial charge is 0.573 e. The zero-order chi connectivity index (χ0) is 13.2. The van der Waals surface area contributed by atoms with Crippen molar-refractivity contribution in [3.8, 4) is 5.75 Å². The number of hydrogen-bond donors (Lipinski definition) is 2. The van der Waals surface area contributed by atoms with Crippen LogP contribution in [0.5, 0.6) is 5.75 Å². The fourth-order valence-corrected chi connectivity index (χ4v) is 1.16. The Kier molecular flexibility index (Phi) is 3.71. The van der Waals surface area contributed by atoms with Crippen molar-refractivity contribution in [3.63, 3.8) is 0 Å². The van der Waals surface area contributed by atoms with Gasteiger partial charge in [0, 0.05) is 6.54 Å². The molecule has 1 heterocycles. The normalized spacial score (nSPS) is 11.9. The van der Waals surface area contributed by atoms with Crippen LogP contribution in [-0.2, 0) is 6.54 Å². The maximum absolute atomic E-state index is 12.6. The standard InChI is InChI=1S/C8H8F5N3O/c9-7(10)5-4(17-8(11,12)13)2-16-3(1-14)6(5)15/h2,7H,1,14-15H2. The van der Waals surface area contributed by atoms with E-state index >= 15 is 0 Å². The minimum Gasteiger partial charge on any atom is -0.404 e. The number of nitrogens with two attached hydrogens (primary N) is 2. The third-order valence-electron chi connectivity index (χ3n) is 1.84. The summed E-state index contributed by atoms with van der Waals surface area (Å²) in [7, 11) is 0. The fraction of sp³-hybridized carbons (Fsp3) is 0.375. The van der Waals surface area contributed by atoms with E-state index in [1.165, 1.54) is 0 Å². The van der Waals surface area contributed by atoms with Gasteiger partial charge in [-0.3, -0.25) is 4.98 Å². The van der Waals surface area contributed by atoms with Gasteiger partial charge in [0.25, 0.3) is 6.43 Å². The molecular formula is C8H8F5N3O. The number of ether oxygens (including phenoxy) is 1. The Morgan fingerprint density at radius 3 is 2.35 bits per heavy atom. The second kappa shape index (κ2) is 4.70. The average Bonchev–Trinajstić information content (AvgIpc) is 2.14. The smallest absolute Gasteiger partial charge is 0.404 e. The maximum atomic E-state index is 12.6. The molecule has 4 N–H and O–H groups in total. The highest BCUT2D eigenvalue weighted by Crippen LogP contribution is 2.37. The molecule has 0 amide bonds. The van der Waals surface area contributed by atoms with Gasteiger partial charge in [0.15, 0.2) is 5.75 Å². The molecule has 0 saturated heterocycles. The number of alkyl halides is 5. The Morgan fingerprint density at radius 2 is 1.94 bits per heavy atom. The number of hydrogen-bond acceptors (Lipinski definition) is 4. The highest BCUT2D eigenvalue weighted by atomic mass is 19.4. The molecule has 0 aromatic carbocycles. The van der Waals surface area contributed by atoms with Crippen LogP contribution in [0.25, 0.3) is 0 Å². The third-order valence-corrected chi connectivity index (χ3v) is 1.84. The molecule has 0 saturated carbocycles. The van der Waals surface area contributed by atoms with E-state index in [1.807, 2.05) is 0 Å². The second-order valence-corrected chi connectivity index (χ2v) is 2.95. The summed E-state index contributed by atoms with van der Waals surface area (Å²) in [5, 5.41) is 0. The maximum Gasteiger partial charge on any atom is 0.573 e. The summed E-state index contributed by atoms with van der Waals surface area (Å²) >= 11 is 0. The lowest BCUT2D eigenvalue weighted by Crippen LogP contribution is -2.19. The summed E-state index contributed by atoms with van der Waals surface area (Å²) in [6, 6.07) is 0. The Balaban J connectivity index is 3.27. The third kappa shape index (κ3) is 3.16. The van der Waals surface area contributed by atoms with Crippen molar-refractivity contribution in [1.29, 1.82) is 0 Å². The molecule has 0 aliphatic rings. The first-order valence-corrected chi connectivity index (χ1v) is 4.27. The summed E-state index contributed by atoms with van der Waals surface area (Å²) in [4.78, 5) is 3.42. The molecule has 0 aliphatic heterocycles. The van der Waals surface area contributed by atoms with Crippen LogP contribution in [0.2, 0.25) is 0 Å². The lowest BCUT2D eigenvalue weighted by molar-refractivity contribution is -0.275. The predicted molar refractivity (Wildman–Crippen MR) is 48.2 cm³/mol. The molecule has 0 aliphatic carbocycles. The lowest BCUT2D eigenvalue weighted by atomic mass is 10.1. The molecule has 0 spiro atoms. The van der Waals surface area contributed by atoms with Gasteiger partial charge in [-0.1, -0.05) is 0 Å². The predicted octanol–water partition coefficient (Wildman–Crippen LogP) is 1.96. The topological polar surface area (TPSA) is 74.2 Å². The number of rotatable bonds is 3. The van der Waals surface area contributed by atoms with Gasteiger partial charge in [-0.2, -0.15) is 0 Å². The van der Waals surface area contributed by atoms with E-state index in [2.05, 4.69) is 9.72 Å². The zero-order valence-electron chi connectivity index (χ0n) is 8.26. The first-order valence-electron chi connectivity index (χ1n) is 4.27. The number of aromatic nitrogens is 1. The Hall–Kier alpha value is -1.64. The Bertz CT molecular complexity index is 407. The van der Waals surface area contributed by atoms with Crippen molar-refractivity contribution < 1.29 is 26.7 Å². The van der Waals surface area contributed by atoms with Gasteiger partial charge in [0.2, 0.25) is 0 Å². The summed E-state index contributed by atoms with van der Waals surface area (Å²) in [5.74, 6) is -1.12. The van der Waals surface area contributed by atoms with Gasteiger partial charge < -0.3 is 16.2 Å². The molecule has 1 aromatic heterocycles. The summed E-state index contributed by atoms with van der Waals surface area (Å²) in [5.41, 5.74) is 8.62. The van der Waals surface area contributed by atoms with Gasteiger partial charge in [0.05, 0.1) is 23.1 Å². The number of nitrogens with zero attached hydrogens (tertiary/aromatic N) is 1. The van der Waals surface area contributed by atoms with Gasteiger partial charge in [0.1, 0.15) is 0 Å². The minimum atomic E-state index is -5.10. The molecule has 4 nitrogen and oxygen atoms in total. The van der Waals surface area contributed by atoms with Crippen molar-refractivity contribution in [1.82, 2.24) is 4.98 Å². The van der Waals surface area contributed by atoms with E-state index in [0.717, 1.165) is 0 Å². The van der Waals surface area contributed by atoms with Crippen LogP contribution in [0.15, 0.2) is 6.20 Å². The van der Waals surface area contributed by atoms with E-state index < -0.39 is 29.8 Å². The van der Waals surface area contributed by atoms with E-state index in [4.69, 9.17) is 11.5 Å². The van der Waals surface area contributed by atoms with Crippen LogP contribution in [0.1, 0.15) is 17.7 Å². The van der Waals surface area contributed by atoms with Gasteiger partial charge in [-0.25, -0.2) is 8.78 Å². The van der Waals surface area contributed by atoms with E-state index in [-0.39, 0.29) is 12.2 Å². The molecule has 0 radical (unpaired) electrons. The van der Waals surface area contributed by atoms with Crippen LogP contribution in [-0.4, -0.2) is 11.3 Å². The molecule has 17 heavy (non-hydrogen) atoms. The Labute approximate surface area is 92.4 Å². The van der Waals surface area contributed by atoms with Crippen LogP contribution >= 0.6 is 0 Å². The number of halogens is 5. The molecule has 0 unspecified atom stereocenters. The minimum absolute atomic E-state index is 0.116. The molecule has 0 bridgehead atoms. The highest BCUT2D eigenvalue weighted by Gasteiger charge is 2.34. The molecule has 1 aromatic rings. The van der Waals surface area contributed by atoms with Crippen LogP contribution in [0.4, 0.5) is 27.6 Å². The molecular weight excluding hydrogens is 249 g/mol. The summed E-state index contributed by atoms with van der Waals surface area (Å²) < 4.78 is 64.4. The molecule has 9 heteroatoms. The summed E-state index contributed by atoms with van der Waals surface area (Å²) in [6.45, 7) is -0.266. The average molecular weight is 257 g/mol. The van der Waals surface area contributed by atoms with Gasteiger partial charge in [-0.05, 0) is 0 Å². The van der Waals surface area contributed by atoms with Crippen molar-refractivity contribution in [2.24, 2.45) is 5.73 Å². The fourth-order valence-electron chi connectivity index (χ4n) is 1.16. The van der Waals surface area contributed by atoms with Crippen molar-refractivity contribution in [2.45, 2.75) is 19.3 Å². The second-order valence-electron chi connectivity index (χ2n) is 2.95. The van der Waals surface area contributed by atoms with Crippen LogP contribution in [0.3, 0.4) is 0 Å².